The molecule has 0 saturated heterocycles. The van der Waals surface area contributed by atoms with Gasteiger partial charge in [0.2, 0.25) is 5.91 Å². The lowest BCUT2D eigenvalue weighted by Gasteiger charge is -2.07. The Hall–Kier alpha value is -1.81. The van der Waals surface area contributed by atoms with Crippen molar-refractivity contribution < 1.29 is 4.79 Å². The van der Waals surface area contributed by atoms with Crippen LogP contribution in [0.5, 0.6) is 0 Å². The standard InChI is InChI=1S/C16H21N3O/c1-2-17-10-12-3-6-15-13(9-12)7-8-19(15)11-16(20)18-14-4-5-14/h3,6-9,14,17H,2,4-5,10-11H2,1H3,(H,18,20). The first-order valence-corrected chi connectivity index (χ1v) is 7.34. The van der Waals surface area contributed by atoms with Gasteiger partial charge in [0.25, 0.3) is 0 Å². The minimum Gasteiger partial charge on any atom is -0.352 e. The quantitative estimate of drug-likeness (QED) is 0.844. The van der Waals surface area contributed by atoms with Gasteiger partial charge in [0.05, 0.1) is 0 Å². The molecule has 4 nitrogen and oxygen atoms in total. The van der Waals surface area contributed by atoms with Crippen LogP contribution in [0.3, 0.4) is 0 Å². The van der Waals surface area contributed by atoms with Crippen molar-refractivity contribution >= 4 is 16.8 Å². The van der Waals surface area contributed by atoms with E-state index in [1.807, 2.05) is 10.8 Å². The van der Waals surface area contributed by atoms with Gasteiger partial charge >= 0.3 is 0 Å². The van der Waals surface area contributed by atoms with Gasteiger partial charge in [-0.3, -0.25) is 4.79 Å². The third kappa shape index (κ3) is 3.02. The average Bonchev–Trinajstić information content (AvgIpc) is 3.17. The molecule has 1 amide bonds. The van der Waals surface area contributed by atoms with Crippen molar-refractivity contribution in [2.45, 2.75) is 38.9 Å². The zero-order valence-corrected chi connectivity index (χ0v) is 11.9. The van der Waals surface area contributed by atoms with Crippen molar-refractivity contribution in [3.05, 3.63) is 36.0 Å². The normalized spacial score (nSPS) is 14.7. The zero-order chi connectivity index (χ0) is 13.9. The minimum atomic E-state index is 0.113. The smallest absolute Gasteiger partial charge is 0.240 e. The third-order valence-electron chi connectivity index (χ3n) is 3.67. The van der Waals surface area contributed by atoms with Gasteiger partial charge < -0.3 is 15.2 Å². The van der Waals surface area contributed by atoms with Gasteiger partial charge in [0, 0.05) is 24.3 Å². The van der Waals surface area contributed by atoms with Crippen LogP contribution in [0, 0.1) is 0 Å². The number of carbonyl (C=O) groups excluding carboxylic acids is 1. The van der Waals surface area contributed by atoms with Crippen LogP contribution < -0.4 is 10.6 Å². The van der Waals surface area contributed by atoms with E-state index in [0.717, 1.165) is 31.4 Å². The first kappa shape index (κ1) is 13.2. The van der Waals surface area contributed by atoms with E-state index < -0.39 is 0 Å². The molecule has 20 heavy (non-hydrogen) atoms. The molecule has 1 saturated carbocycles. The molecule has 2 N–H and O–H groups in total. The Balaban J connectivity index is 1.73. The van der Waals surface area contributed by atoms with Gasteiger partial charge in [-0.1, -0.05) is 13.0 Å². The van der Waals surface area contributed by atoms with Crippen LogP contribution in [0.2, 0.25) is 0 Å². The Morgan fingerprint density at radius 1 is 1.35 bits per heavy atom. The number of amides is 1. The van der Waals surface area contributed by atoms with Gasteiger partial charge in [-0.25, -0.2) is 0 Å². The topological polar surface area (TPSA) is 46.1 Å². The molecular formula is C16H21N3O. The fraction of sp³-hybridized carbons (Fsp3) is 0.438. The van der Waals surface area contributed by atoms with E-state index in [9.17, 15) is 4.79 Å². The molecule has 1 aromatic heterocycles. The SMILES string of the molecule is CCNCc1ccc2c(ccn2CC(=O)NC2CC2)c1. The molecule has 0 radical (unpaired) electrons. The van der Waals surface area contributed by atoms with E-state index in [1.165, 1.54) is 10.9 Å². The summed E-state index contributed by atoms with van der Waals surface area (Å²) in [5, 5.41) is 7.55. The Kier molecular flexibility index (Phi) is 3.74. The van der Waals surface area contributed by atoms with Crippen molar-refractivity contribution in [1.82, 2.24) is 15.2 Å². The second kappa shape index (κ2) is 5.67. The van der Waals surface area contributed by atoms with Gasteiger partial charge in [-0.2, -0.15) is 0 Å². The van der Waals surface area contributed by atoms with Crippen molar-refractivity contribution in [3.63, 3.8) is 0 Å². The number of aromatic nitrogens is 1. The summed E-state index contributed by atoms with van der Waals surface area (Å²) < 4.78 is 2.02. The number of carbonyl (C=O) groups is 1. The lowest BCUT2D eigenvalue weighted by atomic mass is 10.1. The maximum atomic E-state index is 11.9. The van der Waals surface area contributed by atoms with Gasteiger partial charge in [0.1, 0.15) is 6.54 Å². The number of nitrogens with one attached hydrogen (secondary N) is 2. The number of rotatable bonds is 6. The Morgan fingerprint density at radius 3 is 2.95 bits per heavy atom. The van der Waals surface area contributed by atoms with Crippen LogP contribution in [0.1, 0.15) is 25.3 Å². The summed E-state index contributed by atoms with van der Waals surface area (Å²) >= 11 is 0. The first-order valence-electron chi connectivity index (χ1n) is 7.34. The van der Waals surface area contributed by atoms with E-state index in [0.29, 0.717) is 12.6 Å². The monoisotopic (exact) mass is 271 g/mol. The highest BCUT2D eigenvalue weighted by Gasteiger charge is 2.23. The summed E-state index contributed by atoms with van der Waals surface area (Å²) in [7, 11) is 0. The highest BCUT2D eigenvalue weighted by molar-refractivity contribution is 5.84. The molecule has 2 aromatic rings. The second-order valence-corrected chi connectivity index (χ2v) is 5.46. The lowest BCUT2D eigenvalue weighted by Crippen LogP contribution is -2.28. The van der Waals surface area contributed by atoms with Crippen molar-refractivity contribution in [3.8, 4) is 0 Å². The van der Waals surface area contributed by atoms with Crippen LogP contribution >= 0.6 is 0 Å². The van der Waals surface area contributed by atoms with Gasteiger partial charge in [0.15, 0.2) is 0 Å². The summed E-state index contributed by atoms with van der Waals surface area (Å²) in [6, 6.07) is 8.92. The number of benzene rings is 1. The Bertz CT molecular complexity index is 613. The fourth-order valence-corrected chi connectivity index (χ4v) is 2.42. The minimum absolute atomic E-state index is 0.113. The molecule has 1 aromatic carbocycles. The first-order chi connectivity index (χ1) is 9.76. The van der Waals surface area contributed by atoms with E-state index in [1.54, 1.807) is 0 Å². The molecule has 0 aliphatic heterocycles. The number of nitrogens with zero attached hydrogens (tertiary/aromatic N) is 1. The van der Waals surface area contributed by atoms with Crippen LogP contribution in [-0.2, 0) is 17.9 Å². The Morgan fingerprint density at radius 2 is 2.20 bits per heavy atom. The number of fused-ring (bicyclic) bond motifs is 1. The molecule has 0 spiro atoms. The summed E-state index contributed by atoms with van der Waals surface area (Å²) in [5.74, 6) is 0.113. The average molecular weight is 271 g/mol. The molecular weight excluding hydrogens is 250 g/mol. The maximum Gasteiger partial charge on any atom is 0.240 e. The van der Waals surface area contributed by atoms with E-state index in [-0.39, 0.29) is 5.91 Å². The molecule has 0 bridgehead atoms. The lowest BCUT2D eigenvalue weighted by molar-refractivity contribution is -0.121. The van der Waals surface area contributed by atoms with E-state index in [4.69, 9.17) is 0 Å². The second-order valence-electron chi connectivity index (χ2n) is 5.46. The van der Waals surface area contributed by atoms with Crippen LogP contribution in [-0.4, -0.2) is 23.1 Å². The summed E-state index contributed by atoms with van der Waals surface area (Å²) in [5.41, 5.74) is 2.40. The molecule has 3 rings (SSSR count). The molecule has 1 aliphatic rings. The van der Waals surface area contributed by atoms with Gasteiger partial charge in [-0.05, 0) is 48.5 Å². The summed E-state index contributed by atoms with van der Waals surface area (Å²) in [4.78, 5) is 11.9. The van der Waals surface area contributed by atoms with Gasteiger partial charge in [-0.15, -0.1) is 0 Å². The molecule has 1 heterocycles. The summed E-state index contributed by atoms with van der Waals surface area (Å²) in [6.07, 6.45) is 4.26. The van der Waals surface area contributed by atoms with Crippen molar-refractivity contribution in [2.24, 2.45) is 0 Å². The maximum absolute atomic E-state index is 11.9. The number of hydrogen-bond donors (Lipinski definition) is 2. The molecule has 1 fully saturated rings. The summed E-state index contributed by atoms with van der Waals surface area (Å²) in [6.45, 7) is 4.38. The molecule has 4 heteroatoms. The van der Waals surface area contributed by atoms with E-state index in [2.05, 4.69) is 41.8 Å². The van der Waals surface area contributed by atoms with Crippen LogP contribution in [0.25, 0.3) is 10.9 Å². The predicted octanol–water partition coefficient (Wildman–Crippen LogP) is 2.03. The molecule has 1 aliphatic carbocycles. The number of hydrogen-bond acceptors (Lipinski definition) is 2. The predicted molar refractivity (Wildman–Crippen MR) is 80.5 cm³/mol. The van der Waals surface area contributed by atoms with Crippen LogP contribution in [0.4, 0.5) is 0 Å². The largest absolute Gasteiger partial charge is 0.352 e. The molecule has 0 unspecified atom stereocenters. The third-order valence-corrected chi connectivity index (χ3v) is 3.67. The molecule has 106 valence electrons. The zero-order valence-electron chi connectivity index (χ0n) is 11.9. The fourth-order valence-electron chi connectivity index (χ4n) is 2.42. The van der Waals surface area contributed by atoms with Crippen molar-refractivity contribution in [2.75, 3.05) is 6.54 Å². The van der Waals surface area contributed by atoms with Crippen molar-refractivity contribution in [1.29, 1.82) is 0 Å². The highest BCUT2D eigenvalue weighted by Crippen LogP contribution is 2.20. The Labute approximate surface area is 119 Å². The van der Waals surface area contributed by atoms with Crippen LogP contribution in [0.15, 0.2) is 30.5 Å². The molecule has 0 atom stereocenters. The van der Waals surface area contributed by atoms with E-state index >= 15 is 0 Å². The highest BCUT2D eigenvalue weighted by atomic mass is 16.2.